The number of aromatic nitrogens is 1. The minimum atomic E-state index is -0.0223. The van der Waals surface area contributed by atoms with Crippen LogP contribution in [0.3, 0.4) is 0 Å². The average molecular weight is 238 g/mol. The number of aliphatic hydroxyl groups excluding tert-OH is 1. The largest absolute Gasteiger partial charge is 0.444 e. The molecule has 0 saturated carbocycles. The number of oxazole rings is 1. The molecule has 4 heteroatoms. The highest BCUT2D eigenvalue weighted by Gasteiger charge is 2.19. The summed E-state index contributed by atoms with van der Waals surface area (Å²) < 4.78 is 5.70. The molecule has 0 aliphatic heterocycles. The zero-order chi connectivity index (χ0) is 12.9. The first-order valence-electron chi connectivity index (χ1n) is 5.86. The van der Waals surface area contributed by atoms with Gasteiger partial charge in [0.25, 0.3) is 0 Å². The Balaban J connectivity index is 2.66. The summed E-state index contributed by atoms with van der Waals surface area (Å²) in [6.07, 6.45) is 3.59. The summed E-state index contributed by atoms with van der Waals surface area (Å²) >= 11 is 0. The SMILES string of the molecule is C=CCN(CCO)Cc1ncc(C(C)(C)C)o1. The molecular weight excluding hydrogens is 216 g/mol. The quantitative estimate of drug-likeness (QED) is 0.770. The van der Waals surface area contributed by atoms with E-state index in [0.29, 0.717) is 25.5 Å². The zero-order valence-corrected chi connectivity index (χ0v) is 10.9. The standard InChI is InChI=1S/C13H22N2O2/c1-5-6-15(7-8-16)10-12-14-9-11(17-12)13(2,3)4/h5,9,16H,1,6-8,10H2,2-4H3. The van der Waals surface area contributed by atoms with Crippen LogP contribution in [-0.4, -0.2) is 34.7 Å². The van der Waals surface area contributed by atoms with E-state index in [1.807, 2.05) is 11.0 Å². The Morgan fingerprint density at radius 1 is 1.53 bits per heavy atom. The van der Waals surface area contributed by atoms with Crippen LogP contribution >= 0.6 is 0 Å². The molecule has 0 fully saturated rings. The van der Waals surface area contributed by atoms with Gasteiger partial charge >= 0.3 is 0 Å². The summed E-state index contributed by atoms with van der Waals surface area (Å²) in [4.78, 5) is 6.30. The highest BCUT2D eigenvalue weighted by atomic mass is 16.4. The molecule has 0 atom stereocenters. The van der Waals surface area contributed by atoms with Crippen molar-refractivity contribution in [1.29, 1.82) is 0 Å². The molecule has 1 heterocycles. The molecule has 17 heavy (non-hydrogen) atoms. The monoisotopic (exact) mass is 238 g/mol. The van der Waals surface area contributed by atoms with Gasteiger partial charge < -0.3 is 9.52 Å². The van der Waals surface area contributed by atoms with Crippen molar-refractivity contribution in [1.82, 2.24) is 9.88 Å². The lowest BCUT2D eigenvalue weighted by Crippen LogP contribution is -2.26. The summed E-state index contributed by atoms with van der Waals surface area (Å²) in [7, 11) is 0. The maximum absolute atomic E-state index is 8.95. The van der Waals surface area contributed by atoms with Gasteiger partial charge in [0.15, 0.2) is 0 Å². The van der Waals surface area contributed by atoms with Crippen LogP contribution in [0, 0.1) is 0 Å². The lowest BCUT2D eigenvalue weighted by Gasteiger charge is -2.17. The second kappa shape index (κ2) is 5.98. The van der Waals surface area contributed by atoms with Gasteiger partial charge in [-0.05, 0) is 0 Å². The summed E-state index contributed by atoms with van der Waals surface area (Å²) in [6.45, 7) is 12.0. The highest BCUT2D eigenvalue weighted by molar-refractivity contribution is 5.06. The first-order chi connectivity index (χ1) is 7.97. The van der Waals surface area contributed by atoms with E-state index in [1.54, 1.807) is 6.20 Å². The van der Waals surface area contributed by atoms with Gasteiger partial charge in [-0.1, -0.05) is 26.8 Å². The molecule has 0 amide bonds. The number of hydrogen-bond donors (Lipinski definition) is 1. The second-order valence-corrected chi connectivity index (χ2v) is 5.12. The van der Waals surface area contributed by atoms with Crippen LogP contribution in [0.4, 0.5) is 0 Å². The van der Waals surface area contributed by atoms with E-state index in [1.165, 1.54) is 0 Å². The molecule has 0 aliphatic carbocycles. The van der Waals surface area contributed by atoms with Crippen LogP contribution in [0.2, 0.25) is 0 Å². The molecule has 1 aromatic rings. The topological polar surface area (TPSA) is 49.5 Å². The van der Waals surface area contributed by atoms with Crippen LogP contribution < -0.4 is 0 Å². The summed E-state index contributed by atoms with van der Waals surface area (Å²) in [5, 5.41) is 8.95. The van der Waals surface area contributed by atoms with Gasteiger partial charge in [-0.3, -0.25) is 4.90 Å². The van der Waals surface area contributed by atoms with Crippen molar-refractivity contribution in [3.63, 3.8) is 0 Å². The number of nitrogens with zero attached hydrogens (tertiary/aromatic N) is 2. The molecule has 0 radical (unpaired) electrons. The molecule has 1 aromatic heterocycles. The van der Waals surface area contributed by atoms with Gasteiger partial charge in [0.2, 0.25) is 5.89 Å². The van der Waals surface area contributed by atoms with E-state index in [2.05, 4.69) is 32.3 Å². The van der Waals surface area contributed by atoms with E-state index in [9.17, 15) is 0 Å². The van der Waals surface area contributed by atoms with Crippen LogP contribution in [0.5, 0.6) is 0 Å². The molecule has 0 aliphatic rings. The van der Waals surface area contributed by atoms with Crippen molar-refractivity contribution in [3.05, 3.63) is 30.5 Å². The first-order valence-corrected chi connectivity index (χ1v) is 5.86. The van der Waals surface area contributed by atoms with Crippen molar-refractivity contribution in [2.75, 3.05) is 19.7 Å². The van der Waals surface area contributed by atoms with Gasteiger partial charge in [0, 0.05) is 18.5 Å². The van der Waals surface area contributed by atoms with Crippen LogP contribution in [-0.2, 0) is 12.0 Å². The molecule has 0 spiro atoms. The highest BCUT2D eigenvalue weighted by Crippen LogP contribution is 2.22. The summed E-state index contributed by atoms with van der Waals surface area (Å²) in [6, 6.07) is 0. The fourth-order valence-electron chi connectivity index (χ4n) is 1.48. The van der Waals surface area contributed by atoms with E-state index < -0.39 is 0 Å². The van der Waals surface area contributed by atoms with Crippen LogP contribution in [0.1, 0.15) is 32.4 Å². The lowest BCUT2D eigenvalue weighted by atomic mass is 9.94. The Morgan fingerprint density at radius 2 is 2.24 bits per heavy atom. The molecule has 4 nitrogen and oxygen atoms in total. The maximum atomic E-state index is 8.95. The van der Waals surface area contributed by atoms with E-state index >= 15 is 0 Å². The van der Waals surface area contributed by atoms with E-state index in [-0.39, 0.29) is 12.0 Å². The Labute approximate surface area is 103 Å². The average Bonchev–Trinajstić information content (AvgIpc) is 2.66. The van der Waals surface area contributed by atoms with Crippen molar-refractivity contribution in [3.8, 4) is 0 Å². The second-order valence-electron chi connectivity index (χ2n) is 5.12. The number of hydrogen-bond acceptors (Lipinski definition) is 4. The van der Waals surface area contributed by atoms with Crippen molar-refractivity contribution >= 4 is 0 Å². The minimum absolute atomic E-state index is 0.0223. The third-order valence-corrected chi connectivity index (χ3v) is 2.46. The molecule has 96 valence electrons. The molecular formula is C13H22N2O2. The van der Waals surface area contributed by atoms with E-state index in [4.69, 9.17) is 9.52 Å². The number of aliphatic hydroxyl groups is 1. The van der Waals surface area contributed by atoms with E-state index in [0.717, 1.165) is 5.76 Å². The van der Waals surface area contributed by atoms with Gasteiger partial charge in [-0.25, -0.2) is 4.98 Å². The fraction of sp³-hybridized carbons (Fsp3) is 0.615. The summed E-state index contributed by atoms with van der Waals surface area (Å²) in [5.41, 5.74) is -0.0223. The Kier molecular flexibility index (Phi) is 4.90. The third kappa shape index (κ3) is 4.32. The smallest absolute Gasteiger partial charge is 0.208 e. The zero-order valence-electron chi connectivity index (χ0n) is 10.9. The van der Waals surface area contributed by atoms with Crippen molar-refractivity contribution < 1.29 is 9.52 Å². The van der Waals surface area contributed by atoms with Crippen molar-refractivity contribution in [2.24, 2.45) is 0 Å². The molecule has 1 N–H and O–H groups in total. The molecule has 0 unspecified atom stereocenters. The predicted octanol–water partition coefficient (Wildman–Crippen LogP) is 1.95. The Hall–Kier alpha value is -1.13. The number of rotatable bonds is 6. The molecule has 0 bridgehead atoms. The van der Waals surface area contributed by atoms with Crippen molar-refractivity contribution in [2.45, 2.75) is 32.7 Å². The molecule has 0 saturated heterocycles. The predicted molar refractivity (Wildman–Crippen MR) is 67.8 cm³/mol. The third-order valence-electron chi connectivity index (χ3n) is 2.46. The Morgan fingerprint density at radius 3 is 2.71 bits per heavy atom. The van der Waals surface area contributed by atoms with Gasteiger partial charge in [0.05, 0.1) is 19.3 Å². The minimum Gasteiger partial charge on any atom is -0.444 e. The molecule has 1 rings (SSSR count). The first kappa shape index (κ1) is 13.9. The lowest BCUT2D eigenvalue weighted by molar-refractivity contribution is 0.189. The van der Waals surface area contributed by atoms with Crippen LogP contribution in [0.25, 0.3) is 0 Å². The normalized spacial score (nSPS) is 12.1. The Bertz CT molecular complexity index is 353. The fourth-order valence-corrected chi connectivity index (χ4v) is 1.48. The maximum Gasteiger partial charge on any atom is 0.208 e. The molecule has 0 aromatic carbocycles. The van der Waals surface area contributed by atoms with Gasteiger partial charge in [-0.2, -0.15) is 0 Å². The summed E-state index contributed by atoms with van der Waals surface area (Å²) in [5.74, 6) is 1.57. The van der Waals surface area contributed by atoms with Gasteiger partial charge in [-0.15, -0.1) is 6.58 Å². The van der Waals surface area contributed by atoms with Gasteiger partial charge in [0.1, 0.15) is 5.76 Å². The van der Waals surface area contributed by atoms with Crippen LogP contribution in [0.15, 0.2) is 23.3 Å².